The van der Waals surface area contributed by atoms with Gasteiger partial charge in [-0.3, -0.25) is 9.79 Å². The number of aliphatic imine (C=N–C) groups is 1. The van der Waals surface area contributed by atoms with Gasteiger partial charge in [0.15, 0.2) is 15.8 Å². The first-order valence-electron chi connectivity index (χ1n) is 9.43. The highest BCUT2D eigenvalue weighted by Crippen LogP contribution is 2.20. The number of carbonyl (C=O) groups excluding carboxylic acids is 1. The highest BCUT2D eigenvalue weighted by molar-refractivity contribution is 14.0. The summed E-state index contributed by atoms with van der Waals surface area (Å²) < 4.78 is 23.3. The van der Waals surface area contributed by atoms with Gasteiger partial charge in [-0.15, -0.1) is 24.0 Å². The van der Waals surface area contributed by atoms with Crippen LogP contribution in [0.15, 0.2) is 4.99 Å². The first-order valence-corrected chi connectivity index (χ1v) is 11.3. The summed E-state index contributed by atoms with van der Waals surface area (Å²) in [6, 6.07) is 0.643. The SMILES string of the molecule is CN1CC(NC(=NCC2CCS(=O)(=O)C2)NC2CCCC2)CCC1=O.I. The van der Waals surface area contributed by atoms with Gasteiger partial charge in [-0.05, 0) is 31.6 Å². The first kappa shape index (κ1) is 21.7. The van der Waals surface area contributed by atoms with Gasteiger partial charge in [0.2, 0.25) is 5.91 Å². The van der Waals surface area contributed by atoms with Gasteiger partial charge in [0.1, 0.15) is 0 Å². The van der Waals surface area contributed by atoms with Crippen molar-refractivity contribution in [2.45, 2.75) is 57.0 Å². The number of hydrogen-bond acceptors (Lipinski definition) is 4. The molecular formula is C17H31IN4O3S. The third-order valence-electron chi connectivity index (χ3n) is 5.50. The molecule has 0 aromatic rings. The molecule has 2 N–H and O–H groups in total. The zero-order valence-electron chi connectivity index (χ0n) is 15.4. The smallest absolute Gasteiger partial charge is 0.222 e. The van der Waals surface area contributed by atoms with E-state index in [9.17, 15) is 13.2 Å². The number of amides is 1. The summed E-state index contributed by atoms with van der Waals surface area (Å²) in [6.07, 6.45) is 6.88. The molecule has 3 fully saturated rings. The normalized spacial score (nSPS) is 29.5. The van der Waals surface area contributed by atoms with Gasteiger partial charge >= 0.3 is 0 Å². The summed E-state index contributed by atoms with van der Waals surface area (Å²) in [5, 5.41) is 6.99. The number of sulfone groups is 1. The molecule has 1 saturated carbocycles. The van der Waals surface area contributed by atoms with Crippen LogP contribution in [0.5, 0.6) is 0 Å². The van der Waals surface area contributed by atoms with E-state index in [1.807, 2.05) is 7.05 Å². The van der Waals surface area contributed by atoms with E-state index < -0.39 is 9.84 Å². The standard InChI is InChI=1S/C17H30N4O3S.HI/c1-21-11-15(6-7-16(21)22)20-17(19-14-4-2-3-5-14)18-10-13-8-9-25(23,24)12-13;/h13-15H,2-12H2,1H3,(H2,18,19,20);1H. The molecule has 3 rings (SSSR count). The minimum Gasteiger partial charge on any atom is -0.354 e. The highest BCUT2D eigenvalue weighted by atomic mass is 127. The van der Waals surface area contributed by atoms with Gasteiger partial charge in [-0.1, -0.05) is 12.8 Å². The van der Waals surface area contributed by atoms with Crippen LogP contribution in [0, 0.1) is 5.92 Å². The van der Waals surface area contributed by atoms with E-state index in [-0.39, 0.29) is 47.6 Å². The Hall–Kier alpha value is -0.580. The second kappa shape index (κ2) is 9.57. The number of nitrogens with zero attached hydrogens (tertiary/aromatic N) is 2. The molecule has 0 aromatic heterocycles. The zero-order chi connectivity index (χ0) is 17.9. The quantitative estimate of drug-likeness (QED) is 0.345. The van der Waals surface area contributed by atoms with Crippen LogP contribution in [-0.4, -0.2) is 68.9 Å². The van der Waals surface area contributed by atoms with Crippen molar-refractivity contribution in [2.24, 2.45) is 10.9 Å². The Morgan fingerprint density at radius 2 is 1.85 bits per heavy atom. The van der Waals surface area contributed by atoms with E-state index in [1.54, 1.807) is 4.90 Å². The van der Waals surface area contributed by atoms with E-state index in [0.717, 1.165) is 25.2 Å². The first-order chi connectivity index (χ1) is 11.9. The van der Waals surface area contributed by atoms with Crippen molar-refractivity contribution in [3.8, 4) is 0 Å². The number of carbonyl (C=O) groups is 1. The number of hydrogen-bond donors (Lipinski definition) is 2. The summed E-state index contributed by atoms with van der Waals surface area (Å²) in [5.74, 6) is 1.65. The molecule has 2 saturated heterocycles. The average Bonchev–Trinajstić information content (AvgIpc) is 3.18. The average molecular weight is 498 g/mol. The summed E-state index contributed by atoms with van der Waals surface area (Å²) in [4.78, 5) is 18.1. The summed E-state index contributed by atoms with van der Waals surface area (Å²) in [7, 11) is -1.03. The maximum absolute atomic E-state index is 11.7. The lowest BCUT2D eigenvalue weighted by molar-refractivity contribution is -0.132. The Morgan fingerprint density at radius 3 is 2.46 bits per heavy atom. The molecule has 9 heteroatoms. The lowest BCUT2D eigenvalue weighted by Gasteiger charge is -2.32. The number of halogens is 1. The topological polar surface area (TPSA) is 90.9 Å². The van der Waals surface area contributed by atoms with Crippen molar-refractivity contribution >= 4 is 45.7 Å². The van der Waals surface area contributed by atoms with E-state index in [2.05, 4.69) is 10.6 Å². The number of rotatable bonds is 4. The Kier molecular flexibility index (Phi) is 7.99. The third-order valence-corrected chi connectivity index (χ3v) is 7.33. The Balaban J connectivity index is 0.00000243. The van der Waals surface area contributed by atoms with Crippen molar-refractivity contribution < 1.29 is 13.2 Å². The maximum atomic E-state index is 11.7. The molecular weight excluding hydrogens is 467 g/mol. The van der Waals surface area contributed by atoms with Gasteiger partial charge in [-0.2, -0.15) is 0 Å². The van der Waals surface area contributed by atoms with Crippen molar-refractivity contribution in [3.05, 3.63) is 0 Å². The van der Waals surface area contributed by atoms with Crippen LogP contribution >= 0.6 is 24.0 Å². The molecule has 2 unspecified atom stereocenters. The largest absolute Gasteiger partial charge is 0.354 e. The fourth-order valence-electron chi connectivity index (χ4n) is 3.96. The zero-order valence-corrected chi connectivity index (χ0v) is 18.6. The van der Waals surface area contributed by atoms with E-state index in [4.69, 9.17) is 4.99 Å². The number of piperidine rings is 1. The van der Waals surface area contributed by atoms with E-state index >= 15 is 0 Å². The molecule has 0 aromatic carbocycles. The molecule has 2 atom stereocenters. The monoisotopic (exact) mass is 498 g/mol. The van der Waals surface area contributed by atoms with Crippen LogP contribution < -0.4 is 10.6 Å². The van der Waals surface area contributed by atoms with Crippen LogP contribution in [0.2, 0.25) is 0 Å². The fourth-order valence-corrected chi connectivity index (χ4v) is 5.81. The molecule has 1 aliphatic carbocycles. The fraction of sp³-hybridized carbons (Fsp3) is 0.882. The van der Waals surface area contributed by atoms with Crippen LogP contribution in [0.3, 0.4) is 0 Å². The van der Waals surface area contributed by atoms with Crippen molar-refractivity contribution in [3.63, 3.8) is 0 Å². The number of guanidine groups is 1. The minimum atomic E-state index is -2.86. The summed E-state index contributed by atoms with van der Waals surface area (Å²) in [6.45, 7) is 1.23. The summed E-state index contributed by atoms with van der Waals surface area (Å²) >= 11 is 0. The predicted molar refractivity (Wildman–Crippen MR) is 114 cm³/mol. The number of nitrogens with one attached hydrogen (secondary N) is 2. The number of likely N-dealkylation sites (tertiary alicyclic amines) is 1. The second-order valence-electron chi connectivity index (χ2n) is 7.74. The molecule has 1 amide bonds. The van der Waals surface area contributed by atoms with E-state index in [1.165, 1.54) is 12.8 Å². The Morgan fingerprint density at radius 1 is 1.15 bits per heavy atom. The van der Waals surface area contributed by atoms with Crippen molar-refractivity contribution in [1.82, 2.24) is 15.5 Å². The minimum absolute atomic E-state index is 0. The molecule has 3 aliphatic rings. The molecule has 2 heterocycles. The van der Waals surface area contributed by atoms with Gasteiger partial charge < -0.3 is 15.5 Å². The lowest BCUT2D eigenvalue weighted by Crippen LogP contribution is -2.53. The van der Waals surface area contributed by atoms with Gasteiger partial charge in [-0.25, -0.2) is 8.42 Å². The predicted octanol–water partition coefficient (Wildman–Crippen LogP) is 1.14. The third kappa shape index (κ3) is 6.24. The Labute approximate surface area is 173 Å². The highest BCUT2D eigenvalue weighted by Gasteiger charge is 2.28. The van der Waals surface area contributed by atoms with Crippen LogP contribution in [0.25, 0.3) is 0 Å². The summed E-state index contributed by atoms with van der Waals surface area (Å²) in [5.41, 5.74) is 0. The molecule has 0 spiro atoms. The van der Waals surface area contributed by atoms with Crippen LogP contribution in [-0.2, 0) is 14.6 Å². The molecule has 2 aliphatic heterocycles. The van der Waals surface area contributed by atoms with Crippen molar-refractivity contribution in [2.75, 3.05) is 31.6 Å². The Bertz CT molecular complexity index is 619. The molecule has 26 heavy (non-hydrogen) atoms. The van der Waals surface area contributed by atoms with Gasteiger partial charge in [0.25, 0.3) is 0 Å². The molecule has 0 bridgehead atoms. The van der Waals surface area contributed by atoms with Crippen LogP contribution in [0.4, 0.5) is 0 Å². The lowest BCUT2D eigenvalue weighted by atomic mass is 10.1. The second-order valence-corrected chi connectivity index (χ2v) is 9.97. The van der Waals surface area contributed by atoms with E-state index in [0.29, 0.717) is 37.7 Å². The maximum Gasteiger partial charge on any atom is 0.222 e. The van der Waals surface area contributed by atoms with Gasteiger partial charge in [0, 0.05) is 38.6 Å². The van der Waals surface area contributed by atoms with Crippen molar-refractivity contribution in [1.29, 1.82) is 0 Å². The number of likely N-dealkylation sites (N-methyl/N-ethyl adjacent to an activating group) is 1. The molecule has 0 radical (unpaired) electrons. The van der Waals surface area contributed by atoms with Crippen LogP contribution in [0.1, 0.15) is 44.9 Å². The molecule has 7 nitrogen and oxygen atoms in total. The molecule has 150 valence electrons. The van der Waals surface area contributed by atoms with Gasteiger partial charge in [0.05, 0.1) is 11.5 Å².